The number of nitrogens with zero attached hydrogens (tertiary/aromatic N) is 1. The van der Waals surface area contributed by atoms with E-state index in [1.54, 1.807) is 12.1 Å². The van der Waals surface area contributed by atoms with Gasteiger partial charge in [-0.1, -0.05) is 11.6 Å². The molecule has 0 saturated heterocycles. The van der Waals surface area contributed by atoms with Crippen LogP contribution in [0.4, 0.5) is 0 Å². The highest BCUT2D eigenvalue weighted by atomic mass is 35.5. The SMILES string of the molecule is O=c1[nH]c(-c2cc(O)ccc2O)nc2ccc(Cl)cc12. The molecule has 0 aliphatic rings. The Kier molecular flexibility index (Phi) is 2.84. The van der Waals surface area contributed by atoms with Crippen LogP contribution in [-0.4, -0.2) is 20.2 Å². The fraction of sp³-hybridized carbons (Fsp3) is 0. The molecule has 3 rings (SSSR count). The Labute approximate surface area is 118 Å². The molecule has 1 heterocycles. The topological polar surface area (TPSA) is 86.2 Å². The third-order valence-corrected chi connectivity index (χ3v) is 3.14. The predicted molar refractivity (Wildman–Crippen MR) is 76.1 cm³/mol. The molecule has 6 heteroatoms. The summed E-state index contributed by atoms with van der Waals surface area (Å²) < 4.78 is 0. The number of aromatic nitrogens is 2. The largest absolute Gasteiger partial charge is 0.508 e. The number of benzene rings is 2. The van der Waals surface area contributed by atoms with Gasteiger partial charge in [-0.3, -0.25) is 4.79 Å². The van der Waals surface area contributed by atoms with Crippen molar-refractivity contribution in [2.24, 2.45) is 0 Å². The minimum absolute atomic E-state index is 0.0309. The van der Waals surface area contributed by atoms with Gasteiger partial charge < -0.3 is 15.2 Å². The summed E-state index contributed by atoms with van der Waals surface area (Å²) in [4.78, 5) is 18.9. The molecule has 0 unspecified atom stereocenters. The number of phenolic OH excluding ortho intramolecular Hbond substituents is 2. The molecule has 0 saturated carbocycles. The van der Waals surface area contributed by atoms with Crippen molar-refractivity contribution in [2.45, 2.75) is 0 Å². The van der Waals surface area contributed by atoms with Gasteiger partial charge in [0, 0.05) is 5.02 Å². The van der Waals surface area contributed by atoms with Crippen LogP contribution in [0.1, 0.15) is 0 Å². The molecule has 0 aliphatic carbocycles. The van der Waals surface area contributed by atoms with Crippen LogP contribution < -0.4 is 5.56 Å². The molecule has 0 fully saturated rings. The second kappa shape index (κ2) is 4.54. The van der Waals surface area contributed by atoms with Gasteiger partial charge in [0.25, 0.3) is 5.56 Å². The molecular weight excluding hydrogens is 280 g/mol. The number of rotatable bonds is 1. The lowest BCUT2D eigenvalue weighted by molar-refractivity contribution is 0.461. The van der Waals surface area contributed by atoms with Crippen molar-refractivity contribution in [3.63, 3.8) is 0 Å². The summed E-state index contributed by atoms with van der Waals surface area (Å²) in [6, 6.07) is 8.78. The van der Waals surface area contributed by atoms with Crippen LogP contribution in [0.15, 0.2) is 41.2 Å². The number of fused-ring (bicyclic) bond motifs is 1. The van der Waals surface area contributed by atoms with Gasteiger partial charge in [0.1, 0.15) is 17.3 Å². The lowest BCUT2D eigenvalue weighted by Crippen LogP contribution is -2.09. The summed E-state index contributed by atoms with van der Waals surface area (Å²) in [7, 11) is 0. The second-order valence-electron chi connectivity index (χ2n) is 4.28. The first-order valence-electron chi connectivity index (χ1n) is 5.76. The van der Waals surface area contributed by atoms with Gasteiger partial charge in [-0.25, -0.2) is 4.98 Å². The third kappa shape index (κ3) is 2.08. The summed E-state index contributed by atoms with van der Waals surface area (Å²) >= 11 is 5.84. The van der Waals surface area contributed by atoms with Crippen LogP contribution in [0, 0.1) is 0 Å². The van der Waals surface area contributed by atoms with Crippen LogP contribution in [-0.2, 0) is 0 Å². The van der Waals surface area contributed by atoms with Crippen LogP contribution in [0.25, 0.3) is 22.3 Å². The maximum Gasteiger partial charge on any atom is 0.259 e. The lowest BCUT2D eigenvalue weighted by Gasteiger charge is -2.06. The summed E-state index contributed by atoms with van der Waals surface area (Å²) in [5, 5.41) is 20.1. The van der Waals surface area contributed by atoms with Gasteiger partial charge in [-0.15, -0.1) is 0 Å². The molecule has 0 radical (unpaired) electrons. The number of nitrogens with one attached hydrogen (secondary N) is 1. The van der Waals surface area contributed by atoms with Gasteiger partial charge in [-0.05, 0) is 36.4 Å². The van der Waals surface area contributed by atoms with Crippen LogP contribution in [0.2, 0.25) is 5.02 Å². The highest BCUT2D eigenvalue weighted by Gasteiger charge is 2.11. The second-order valence-corrected chi connectivity index (χ2v) is 4.71. The average Bonchev–Trinajstić information content (AvgIpc) is 2.42. The van der Waals surface area contributed by atoms with Crippen LogP contribution >= 0.6 is 11.6 Å². The predicted octanol–water partition coefficient (Wildman–Crippen LogP) is 2.65. The standard InChI is InChI=1S/C14H9ClN2O3/c15-7-1-3-11-9(5-7)14(20)17-13(16-11)10-6-8(18)2-4-12(10)19/h1-6,18-19H,(H,16,17,20). The number of halogens is 1. The Morgan fingerprint density at radius 3 is 2.70 bits per heavy atom. The van der Waals surface area contributed by atoms with E-state index < -0.39 is 0 Å². The number of H-pyrrole nitrogens is 1. The molecule has 0 spiro atoms. The molecular formula is C14H9ClN2O3. The molecule has 20 heavy (non-hydrogen) atoms. The quantitative estimate of drug-likeness (QED) is 0.601. The maximum absolute atomic E-state index is 12.0. The summed E-state index contributed by atoms with van der Waals surface area (Å²) in [6.45, 7) is 0. The number of phenols is 2. The normalized spacial score (nSPS) is 10.8. The van der Waals surface area contributed by atoms with Gasteiger partial charge in [0.2, 0.25) is 0 Å². The zero-order valence-electron chi connectivity index (χ0n) is 10.1. The molecule has 100 valence electrons. The maximum atomic E-state index is 12.0. The summed E-state index contributed by atoms with van der Waals surface area (Å²) in [6.07, 6.45) is 0. The highest BCUT2D eigenvalue weighted by molar-refractivity contribution is 6.31. The van der Waals surface area contributed by atoms with Gasteiger partial charge in [0.05, 0.1) is 16.5 Å². The Morgan fingerprint density at radius 2 is 1.90 bits per heavy atom. The Morgan fingerprint density at radius 1 is 1.10 bits per heavy atom. The first-order chi connectivity index (χ1) is 9.54. The van der Waals surface area contributed by atoms with E-state index in [1.165, 1.54) is 24.3 Å². The number of hydrogen-bond donors (Lipinski definition) is 3. The van der Waals surface area contributed by atoms with E-state index in [0.29, 0.717) is 15.9 Å². The fourth-order valence-electron chi connectivity index (χ4n) is 1.95. The average molecular weight is 289 g/mol. The van der Waals surface area contributed by atoms with Crippen LogP contribution in [0.3, 0.4) is 0 Å². The summed E-state index contributed by atoms with van der Waals surface area (Å²) in [5.41, 5.74) is 0.338. The Hall–Kier alpha value is -2.53. The fourth-order valence-corrected chi connectivity index (χ4v) is 2.12. The molecule has 3 N–H and O–H groups in total. The number of aromatic hydroxyl groups is 2. The first kappa shape index (κ1) is 12.5. The van der Waals surface area contributed by atoms with E-state index >= 15 is 0 Å². The molecule has 1 aromatic heterocycles. The van der Waals surface area contributed by atoms with Crippen molar-refractivity contribution in [3.8, 4) is 22.9 Å². The highest BCUT2D eigenvalue weighted by Crippen LogP contribution is 2.30. The zero-order valence-corrected chi connectivity index (χ0v) is 10.8. The Balaban J connectivity index is 2.30. The number of hydrogen-bond acceptors (Lipinski definition) is 4. The van der Waals surface area contributed by atoms with E-state index in [2.05, 4.69) is 9.97 Å². The molecule has 0 bridgehead atoms. The smallest absolute Gasteiger partial charge is 0.259 e. The van der Waals surface area contributed by atoms with Gasteiger partial charge in [0.15, 0.2) is 0 Å². The number of aromatic amines is 1. The van der Waals surface area contributed by atoms with E-state index in [4.69, 9.17) is 11.6 Å². The first-order valence-corrected chi connectivity index (χ1v) is 6.14. The third-order valence-electron chi connectivity index (χ3n) is 2.90. The van der Waals surface area contributed by atoms with Gasteiger partial charge >= 0.3 is 0 Å². The van der Waals surface area contributed by atoms with Crippen molar-refractivity contribution >= 4 is 22.5 Å². The Bertz CT molecular complexity index is 874. The van der Waals surface area contributed by atoms with Crippen molar-refractivity contribution in [1.82, 2.24) is 9.97 Å². The van der Waals surface area contributed by atoms with E-state index in [9.17, 15) is 15.0 Å². The van der Waals surface area contributed by atoms with E-state index in [1.807, 2.05) is 0 Å². The van der Waals surface area contributed by atoms with Crippen molar-refractivity contribution in [2.75, 3.05) is 0 Å². The van der Waals surface area contributed by atoms with E-state index in [0.717, 1.165) is 0 Å². The molecule has 0 amide bonds. The van der Waals surface area contributed by atoms with Crippen molar-refractivity contribution < 1.29 is 10.2 Å². The van der Waals surface area contributed by atoms with Crippen molar-refractivity contribution in [3.05, 3.63) is 51.8 Å². The van der Waals surface area contributed by atoms with E-state index in [-0.39, 0.29) is 28.4 Å². The summed E-state index contributed by atoms with van der Waals surface area (Å²) in [5.74, 6) is 0.0640. The molecule has 5 nitrogen and oxygen atoms in total. The monoisotopic (exact) mass is 288 g/mol. The zero-order chi connectivity index (χ0) is 14.3. The molecule has 3 aromatic rings. The van der Waals surface area contributed by atoms with Gasteiger partial charge in [-0.2, -0.15) is 0 Å². The molecule has 2 aromatic carbocycles. The molecule has 0 aliphatic heterocycles. The minimum atomic E-state index is -0.366. The lowest BCUT2D eigenvalue weighted by atomic mass is 10.1. The minimum Gasteiger partial charge on any atom is -0.508 e. The van der Waals surface area contributed by atoms with Crippen molar-refractivity contribution in [1.29, 1.82) is 0 Å². The molecule has 0 atom stereocenters. The van der Waals surface area contributed by atoms with Crippen LogP contribution in [0.5, 0.6) is 11.5 Å².